The predicted octanol–water partition coefficient (Wildman–Crippen LogP) is 2.15. The maximum Gasteiger partial charge on any atom is 0.249 e. The standard InChI is InChI=1S/C12H16N2O2/c1-7-5-6-8(16-4)10-9(7)13-11(15)12(2,3)14-10/h5-6,14H,1-4H3,(H,13,15). The highest BCUT2D eigenvalue weighted by molar-refractivity contribution is 6.07. The number of carbonyl (C=O) groups is 1. The summed E-state index contributed by atoms with van der Waals surface area (Å²) in [5, 5.41) is 6.12. The van der Waals surface area contributed by atoms with Gasteiger partial charge < -0.3 is 15.4 Å². The van der Waals surface area contributed by atoms with Crippen molar-refractivity contribution in [3.8, 4) is 5.75 Å². The van der Waals surface area contributed by atoms with E-state index in [4.69, 9.17) is 4.74 Å². The van der Waals surface area contributed by atoms with Crippen molar-refractivity contribution in [3.63, 3.8) is 0 Å². The topological polar surface area (TPSA) is 50.4 Å². The Morgan fingerprint density at radius 3 is 2.56 bits per heavy atom. The van der Waals surface area contributed by atoms with Crippen LogP contribution in [0.15, 0.2) is 12.1 Å². The summed E-state index contributed by atoms with van der Waals surface area (Å²) >= 11 is 0. The largest absolute Gasteiger partial charge is 0.495 e. The second-order valence-corrected chi connectivity index (χ2v) is 4.54. The minimum Gasteiger partial charge on any atom is -0.495 e. The summed E-state index contributed by atoms with van der Waals surface area (Å²) in [5.41, 5.74) is 2.07. The van der Waals surface area contributed by atoms with Crippen molar-refractivity contribution in [2.24, 2.45) is 0 Å². The number of methoxy groups -OCH3 is 1. The number of carbonyl (C=O) groups excluding carboxylic acids is 1. The first-order chi connectivity index (χ1) is 7.45. The second-order valence-electron chi connectivity index (χ2n) is 4.54. The number of rotatable bonds is 1. The molecular weight excluding hydrogens is 204 g/mol. The first-order valence-corrected chi connectivity index (χ1v) is 5.23. The highest BCUT2D eigenvalue weighted by Crippen LogP contribution is 2.40. The first-order valence-electron chi connectivity index (χ1n) is 5.23. The van der Waals surface area contributed by atoms with E-state index in [1.165, 1.54) is 0 Å². The van der Waals surface area contributed by atoms with E-state index in [1.54, 1.807) is 7.11 Å². The maximum atomic E-state index is 11.8. The highest BCUT2D eigenvalue weighted by Gasteiger charge is 2.34. The fourth-order valence-corrected chi connectivity index (χ4v) is 1.78. The Kier molecular flexibility index (Phi) is 2.30. The van der Waals surface area contributed by atoms with E-state index in [0.29, 0.717) is 0 Å². The van der Waals surface area contributed by atoms with Crippen LogP contribution >= 0.6 is 0 Å². The van der Waals surface area contributed by atoms with Crippen molar-refractivity contribution in [3.05, 3.63) is 17.7 Å². The molecule has 0 saturated heterocycles. The molecule has 2 rings (SSSR count). The molecule has 4 heteroatoms. The third-order valence-electron chi connectivity index (χ3n) is 2.84. The number of nitrogens with one attached hydrogen (secondary N) is 2. The smallest absolute Gasteiger partial charge is 0.249 e. The summed E-state index contributed by atoms with van der Waals surface area (Å²) in [4.78, 5) is 11.8. The zero-order valence-corrected chi connectivity index (χ0v) is 9.97. The number of hydrogen-bond acceptors (Lipinski definition) is 3. The normalized spacial score (nSPS) is 17.1. The van der Waals surface area contributed by atoms with E-state index >= 15 is 0 Å². The molecule has 16 heavy (non-hydrogen) atoms. The molecule has 1 aliphatic rings. The van der Waals surface area contributed by atoms with Gasteiger partial charge in [-0.3, -0.25) is 4.79 Å². The lowest BCUT2D eigenvalue weighted by Gasteiger charge is -2.34. The van der Waals surface area contributed by atoms with E-state index in [9.17, 15) is 4.79 Å². The molecule has 86 valence electrons. The van der Waals surface area contributed by atoms with Crippen molar-refractivity contribution < 1.29 is 9.53 Å². The van der Waals surface area contributed by atoms with Crippen LogP contribution in [0.3, 0.4) is 0 Å². The Hall–Kier alpha value is -1.71. The van der Waals surface area contributed by atoms with Crippen molar-refractivity contribution in [2.45, 2.75) is 26.3 Å². The van der Waals surface area contributed by atoms with Gasteiger partial charge in [-0.2, -0.15) is 0 Å². The van der Waals surface area contributed by atoms with Gasteiger partial charge in [-0.25, -0.2) is 0 Å². The molecule has 0 fully saturated rings. The Morgan fingerprint density at radius 2 is 1.94 bits per heavy atom. The molecule has 1 aliphatic heterocycles. The summed E-state index contributed by atoms with van der Waals surface area (Å²) < 4.78 is 5.28. The zero-order chi connectivity index (χ0) is 11.9. The molecule has 0 saturated carbocycles. The predicted molar refractivity (Wildman–Crippen MR) is 64.1 cm³/mol. The van der Waals surface area contributed by atoms with E-state index in [2.05, 4.69) is 10.6 Å². The van der Waals surface area contributed by atoms with Crippen LogP contribution in [0.5, 0.6) is 5.75 Å². The average molecular weight is 220 g/mol. The monoisotopic (exact) mass is 220 g/mol. The molecule has 0 unspecified atom stereocenters. The SMILES string of the molecule is COc1ccc(C)c2c1NC(C)(C)C(=O)N2. The Bertz CT molecular complexity index is 453. The molecule has 1 aromatic rings. The van der Waals surface area contributed by atoms with Gasteiger partial charge in [0.1, 0.15) is 17.0 Å². The minimum atomic E-state index is -0.617. The summed E-state index contributed by atoms with van der Waals surface area (Å²) in [6.45, 7) is 5.64. The van der Waals surface area contributed by atoms with Crippen LogP contribution in [-0.4, -0.2) is 18.6 Å². The molecule has 1 amide bonds. The fraction of sp³-hybridized carbons (Fsp3) is 0.417. The number of hydrogen-bond donors (Lipinski definition) is 2. The van der Waals surface area contributed by atoms with Gasteiger partial charge in [0.05, 0.1) is 12.8 Å². The van der Waals surface area contributed by atoms with Crippen molar-refractivity contribution >= 4 is 17.3 Å². The van der Waals surface area contributed by atoms with Crippen LogP contribution in [0, 0.1) is 6.92 Å². The molecule has 0 radical (unpaired) electrons. The first kappa shape index (κ1) is 10.8. The summed E-state index contributed by atoms with van der Waals surface area (Å²) in [6, 6.07) is 3.83. The molecule has 0 bridgehead atoms. The lowest BCUT2D eigenvalue weighted by atomic mass is 9.98. The third-order valence-corrected chi connectivity index (χ3v) is 2.84. The van der Waals surface area contributed by atoms with Gasteiger partial charge in [0.15, 0.2) is 0 Å². The number of amides is 1. The quantitative estimate of drug-likeness (QED) is 0.762. The highest BCUT2D eigenvalue weighted by atomic mass is 16.5. The van der Waals surface area contributed by atoms with Crippen LogP contribution < -0.4 is 15.4 Å². The third kappa shape index (κ3) is 1.50. The number of ether oxygens (including phenoxy) is 1. The minimum absolute atomic E-state index is 0.0312. The Labute approximate surface area is 95.0 Å². The number of fused-ring (bicyclic) bond motifs is 1. The Morgan fingerprint density at radius 1 is 1.25 bits per heavy atom. The van der Waals surface area contributed by atoms with Crippen LogP contribution in [0.25, 0.3) is 0 Å². The lowest BCUT2D eigenvalue weighted by Crippen LogP contribution is -2.47. The van der Waals surface area contributed by atoms with E-state index in [0.717, 1.165) is 22.7 Å². The van der Waals surface area contributed by atoms with Crippen molar-refractivity contribution in [1.29, 1.82) is 0 Å². The van der Waals surface area contributed by atoms with Gasteiger partial charge in [0.25, 0.3) is 0 Å². The lowest BCUT2D eigenvalue weighted by molar-refractivity contribution is -0.119. The molecule has 4 nitrogen and oxygen atoms in total. The van der Waals surface area contributed by atoms with Crippen molar-refractivity contribution in [2.75, 3.05) is 17.7 Å². The Balaban J connectivity index is 2.58. The average Bonchev–Trinajstić information content (AvgIpc) is 2.21. The van der Waals surface area contributed by atoms with E-state index < -0.39 is 5.54 Å². The summed E-state index contributed by atoms with van der Waals surface area (Å²) in [7, 11) is 1.62. The van der Waals surface area contributed by atoms with Gasteiger partial charge in [-0.05, 0) is 32.4 Å². The van der Waals surface area contributed by atoms with Crippen LogP contribution in [-0.2, 0) is 4.79 Å². The van der Waals surface area contributed by atoms with Crippen LogP contribution in [0.1, 0.15) is 19.4 Å². The molecule has 2 N–H and O–H groups in total. The van der Waals surface area contributed by atoms with E-state index in [1.807, 2.05) is 32.9 Å². The summed E-state index contributed by atoms with van der Waals surface area (Å²) in [6.07, 6.45) is 0. The van der Waals surface area contributed by atoms with Gasteiger partial charge >= 0.3 is 0 Å². The number of anilines is 2. The van der Waals surface area contributed by atoms with Gasteiger partial charge in [0, 0.05) is 0 Å². The summed E-state index contributed by atoms with van der Waals surface area (Å²) in [5.74, 6) is 0.713. The second kappa shape index (κ2) is 3.40. The van der Waals surface area contributed by atoms with Crippen LogP contribution in [0.2, 0.25) is 0 Å². The molecule has 0 spiro atoms. The maximum absolute atomic E-state index is 11.8. The molecule has 0 aromatic heterocycles. The van der Waals surface area contributed by atoms with Gasteiger partial charge in [0.2, 0.25) is 5.91 Å². The number of aryl methyl sites for hydroxylation is 1. The fourth-order valence-electron chi connectivity index (χ4n) is 1.78. The van der Waals surface area contributed by atoms with Gasteiger partial charge in [-0.15, -0.1) is 0 Å². The zero-order valence-electron chi connectivity index (χ0n) is 9.97. The molecule has 1 heterocycles. The number of benzene rings is 1. The van der Waals surface area contributed by atoms with Crippen LogP contribution in [0.4, 0.5) is 11.4 Å². The molecule has 0 aliphatic carbocycles. The molecule has 0 atom stereocenters. The molecular formula is C12H16N2O2. The molecule has 1 aromatic carbocycles. The van der Waals surface area contributed by atoms with E-state index in [-0.39, 0.29) is 5.91 Å². The van der Waals surface area contributed by atoms with Gasteiger partial charge in [-0.1, -0.05) is 6.07 Å². The van der Waals surface area contributed by atoms with Crippen molar-refractivity contribution in [1.82, 2.24) is 0 Å².